The Kier molecular flexibility index (Phi) is 6.46. The molecule has 0 aliphatic rings. The van der Waals surface area contributed by atoms with Crippen molar-refractivity contribution in [2.75, 3.05) is 11.9 Å². The summed E-state index contributed by atoms with van der Waals surface area (Å²) >= 11 is 6.04. The van der Waals surface area contributed by atoms with Gasteiger partial charge in [0.2, 0.25) is 0 Å². The summed E-state index contributed by atoms with van der Waals surface area (Å²) in [4.78, 5) is 16.6. The summed E-state index contributed by atoms with van der Waals surface area (Å²) in [5.41, 5.74) is 5.11. The number of pyridine rings is 1. The van der Waals surface area contributed by atoms with Crippen molar-refractivity contribution in [1.29, 1.82) is 0 Å². The van der Waals surface area contributed by atoms with Gasteiger partial charge >= 0.3 is 5.97 Å². The number of esters is 1. The Morgan fingerprint density at radius 3 is 2.58 bits per heavy atom. The summed E-state index contributed by atoms with van der Waals surface area (Å²) in [5.74, 6) is -0.335. The van der Waals surface area contributed by atoms with Gasteiger partial charge in [0.25, 0.3) is 0 Å². The zero-order valence-electron chi connectivity index (χ0n) is 14.8. The van der Waals surface area contributed by atoms with Crippen molar-refractivity contribution in [3.8, 4) is 0 Å². The summed E-state index contributed by atoms with van der Waals surface area (Å²) in [6, 6.07) is 13.0. The molecule has 0 amide bonds. The molecule has 4 nitrogen and oxygen atoms in total. The lowest BCUT2D eigenvalue weighted by Crippen LogP contribution is -2.05. The van der Waals surface area contributed by atoms with E-state index in [1.54, 1.807) is 13.0 Å². The molecule has 6 heteroatoms. The van der Waals surface area contributed by atoms with Crippen LogP contribution in [-0.2, 0) is 4.74 Å². The number of hydrogen-bond acceptors (Lipinski definition) is 4. The third kappa shape index (κ3) is 4.26. The van der Waals surface area contributed by atoms with Crippen molar-refractivity contribution in [1.82, 2.24) is 4.98 Å². The molecular formula is C20H20Cl2N2O2. The standard InChI is InChI=1S/C20H19ClN2O2.ClH/c1-4-25-20(24)14-5-7-18-16(11-14)19(10-13(3)22-18)23-17-8-6-15(21)9-12(17)2;/h5-11H,4H2,1-3H3,(H,22,23);1H. The monoisotopic (exact) mass is 390 g/mol. The molecule has 0 bridgehead atoms. The van der Waals surface area contributed by atoms with E-state index in [-0.39, 0.29) is 18.4 Å². The maximum Gasteiger partial charge on any atom is 0.338 e. The molecule has 2 aromatic carbocycles. The van der Waals surface area contributed by atoms with Crippen LogP contribution in [0.2, 0.25) is 5.02 Å². The van der Waals surface area contributed by atoms with Gasteiger partial charge in [-0.2, -0.15) is 0 Å². The Labute approximate surface area is 163 Å². The number of nitrogens with zero attached hydrogens (tertiary/aromatic N) is 1. The number of fused-ring (bicyclic) bond motifs is 1. The Morgan fingerprint density at radius 2 is 1.88 bits per heavy atom. The summed E-state index contributed by atoms with van der Waals surface area (Å²) in [5, 5.41) is 4.99. The van der Waals surface area contributed by atoms with E-state index in [4.69, 9.17) is 16.3 Å². The van der Waals surface area contributed by atoms with E-state index >= 15 is 0 Å². The lowest BCUT2D eigenvalue weighted by molar-refractivity contribution is 0.0526. The molecule has 1 aromatic heterocycles. The number of ether oxygens (including phenoxy) is 1. The average Bonchev–Trinajstić information content (AvgIpc) is 2.57. The summed E-state index contributed by atoms with van der Waals surface area (Å²) in [7, 11) is 0. The Morgan fingerprint density at radius 1 is 1.12 bits per heavy atom. The van der Waals surface area contributed by atoms with Gasteiger partial charge < -0.3 is 10.1 Å². The molecule has 0 atom stereocenters. The first-order chi connectivity index (χ1) is 12.0. The van der Waals surface area contributed by atoms with Gasteiger partial charge in [-0.15, -0.1) is 12.4 Å². The van der Waals surface area contributed by atoms with E-state index in [1.807, 2.05) is 50.2 Å². The number of aryl methyl sites for hydroxylation is 2. The molecule has 1 heterocycles. The van der Waals surface area contributed by atoms with Crippen LogP contribution >= 0.6 is 24.0 Å². The molecule has 26 heavy (non-hydrogen) atoms. The highest BCUT2D eigenvalue weighted by Crippen LogP contribution is 2.30. The third-order valence-corrected chi connectivity index (χ3v) is 4.14. The molecule has 3 aromatic rings. The fraction of sp³-hybridized carbons (Fsp3) is 0.200. The number of benzene rings is 2. The van der Waals surface area contributed by atoms with Gasteiger partial charge in [0, 0.05) is 27.5 Å². The second-order valence-corrected chi connectivity index (χ2v) is 6.28. The van der Waals surface area contributed by atoms with E-state index in [2.05, 4.69) is 10.3 Å². The van der Waals surface area contributed by atoms with Crippen molar-refractivity contribution >= 4 is 52.3 Å². The lowest BCUT2D eigenvalue weighted by Gasteiger charge is -2.14. The molecule has 0 spiro atoms. The number of anilines is 2. The Bertz CT molecular complexity index is 958. The number of halogens is 2. The molecule has 0 aliphatic carbocycles. The first kappa shape index (κ1) is 20.0. The van der Waals surface area contributed by atoms with Crippen LogP contribution < -0.4 is 5.32 Å². The van der Waals surface area contributed by atoms with Gasteiger partial charge in [-0.25, -0.2) is 4.79 Å². The second-order valence-electron chi connectivity index (χ2n) is 5.85. The number of carbonyl (C=O) groups is 1. The lowest BCUT2D eigenvalue weighted by atomic mass is 10.1. The van der Waals surface area contributed by atoms with Crippen LogP contribution in [-0.4, -0.2) is 17.6 Å². The number of rotatable bonds is 4. The smallest absolute Gasteiger partial charge is 0.338 e. The van der Waals surface area contributed by atoms with Crippen LogP contribution in [0, 0.1) is 13.8 Å². The minimum Gasteiger partial charge on any atom is -0.462 e. The molecule has 0 saturated heterocycles. The van der Waals surface area contributed by atoms with Crippen LogP contribution in [0.1, 0.15) is 28.5 Å². The van der Waals surface area contributed by atoms with Crippen LogP contribution in [0.4, 0.5) is 11.4 Å². The number of nitrogens with one attached hydrogen (secondary N) is 1. The predicted molar refractivity (Wildman–Crippen MR) is 109 cm³/mol. The van der Waals surface area contributed by atoms with Crippen molar-refractivity contribution in [2.45, 2.75) is 20.8 Å². The minimum absolute atomic E-state index is 0. The van der Waals surface area contributed by atoms with Crippen LogP contribution in [0.15, 0.2) is 42.5 Å². The minimum atomic E-state index is -0.335. The number of carbonyl (C=O) groups excluding carboxylic acids is 1. The van der Waals surface area contributed by atoms with Gasteiger partial charge in [-0.3, -0.25) is 4.98 Å². The van der Waals surface area contributed by atoms with E-state index in [0.29, 0.717) is 17.2 Å². The Hall–Kier alpha value is -2.30. The normalized spacial score (nSPS) is 10.3. The second kappa shape index (κ2) is 8.39. The zero-order chi connectivity index (χ0) is 18.0. The van der Waals surface area contributed by atoms with Crippen molar-refractivity contribution in [3.05, 3.63) is 64.3 Å². The van der Waals surface area contributed by atoms with Crippen LogP contribution in [0.3, 0.4) is 0 Å². The SMILES string of the molecule is CCOC(=O)c1ccc2nc(C)cc(Nc3ccc(Cl)cc3C)c2c1.Cl. The molecule has 3 rings (SSSR count). The van der Waals surface area contributed by atoms with Gasteiger partial charge in [0.05, 0.1) is 17.7 Å². The highest BCUT2D eigenvalue weighted by atomic mass is 35.5. The van der Waals surface area contributed by atoms with Crippen LogP contribution in [0.25, 0.3) is 10.9 Å². The average molecular weight is 391 g/mol. The van der Waals surface area contributed by atoms with Crippen molar-refractivity contribution < 1.29 is 9.53 Å². The van der Waals surface area contributed by atoms with E-state index in [1.165, 1.54) is 0 Å². The fourth-order valence-electron chi connectivity index (χ4n) is 2.72. The fourth-order valence-corrected chi connectivity index (χ4v) is 2.94. The summed E-state index contributed by atoms with van der Waals surface area (Å²) < 4.78 is 5.10. The highest BCUT2D eigenvalue weighted by molar-refractivity contribution is 6.30. The first-order valence-electron chi connectivity index (χ1n) is 8.09. The topological polar surface area (TPSA) is 51.2 Å². The van der Waals surface area contributed by atoms with Gasteiger partial charge in [0.1, 0.15) is 0 Å². The van der Waals surface area contributed by atoms with Gasteiger partial charge in [0.15, 0.2) is 0 Å². The molecule has 136 valence electrons. The van der Waals surface area contributed by atoms with Crippen LogP contribution in [0.5, 0.6) is 0 Å². The molecule has 0 radical (unpaired) electrons. The molecule has 0 unspecified atom stereocenters. The maximum absolute atomic E-state index is 12.0. The third-order valence-electron chi connectivity index (χ3n) is 3.91. The predicted octanol–water partition coefficient (Wildman–Crippen LogP) is 5.85. The maximum atomic E-state index is 12.0. The molecule has 0 fully saturated rings. The van der Waals surface area contributed by atoms with Gasteiger partial charge in [-0.05, 0) is 68.8 Å². The summed E-state index contributed by atoms with van der Waals surface area (Å²) in [6.07, 6.45) is 0. The number of hydrogen-bond donors (Lipinski definition) is 1. The van der Waals surface area contributed by atoms with E-state index in [0.717, 1.165) is 33.5 Å². The van der Waals surface area contributed by atoms with E-state index < -0.39 is 0 Å². The van der Waals surface area contributed by atoms with E-state index in [9.17, 15) is 4.79 Å². The molecule has 0 saturated carbocycles. The van der Waals surface area contributed by atoms with Gasteiger partial charge in [-0.1, -0.05) is 11.6 Å². The largest absolute Gasteiger partial charge is 0.462 e. The Balaban J connectivity index is 0.00000243. The number of aromatic nitrogens is 1. The van der Waals surface area contributed by atoms with Crippen molar-refractivity contribution in [3.63, 3.8) is 0 Å². The van der Waals surface area contributed by atoms with Crippen molar-refractivity contribution in [2.24, 2.45) is 0 Å². The molecule has 0 aliphatic heterocycles. The highest BCUT2D eigenvalue weighted by Gasteiger charge is 2.11. The molecular weight excluding hydrogens is 371 g/mol. The first-order valence-corrected chi connectivity index (χ1v) is 8.47. The summed E-state index contributed by atoms with van der Waals surface area (Å²) in [6.45, 7) is 6.07. The molecule has 1 N–H and O–H groups in total. The quantitative estimate of drug-likeness (QED) is 0.567. The zero-order valence-corrected chi connectivity index (χ0v) is 16.4.